The molecule has 1 aromatic carbocycles. The first-order valence-electron chi connectivity index (χ1n) is 10.6. The van der Waals surface area contributed by atoms with Crippen LogP contribution in [0.5, 0.6) is 5.75 Å². The number of furan rings is 1. The first-order chi connectivity index (χ1) is 14.0. The zero-order valence-corrected chi connectivity index (χ0v) is 18.0. The smallest absolute Gasteiger partial charge is 0.119 e. The van der Waals surface area contributed by atoms with E-state index in [-0.39, 0.29) is 0 Å². The van der Waals surface area contributed by atoms with Crippen molar-refractivity contribution in [1.82, 2.24) is 14.7 Å². The van der Waals surface area contributed by atoms with Crippen molar-refractivity contribution in [3.8, 4) is 5.75 Å². The highest BCUT2D eigenvalue weighted by atomic mass is 16.5. The maximum absolute atomic E-state index is 10.4. The van der Waals surface area contributed by atoms with Crippen molar-refractivity contribution in [2.24, 2.45) is 0 Å². The van der Waals surface area contributed by atoms with E-state index < -0.39 is 6.10 Å². The predicted molar refractivity (Wildman–Crippen MR) is 115 cm³/mol. The average molecular weight is 402 g/mol. The Bertz CT molecular complexity index is 740. The summed E-state index contributed by atoms with van der Waals surface area (Å²) in [6.07, 6.45) is -0.475. The van der Waals surface area contributed by atoms with E-state index in [2.05, 4.69) is 40.8 Å². The van der Waals surface area contributed by atoms with Crippen molar-refractivity contribution in [1.29, 1.82) is 0 Å². The van der Waals surface area contributed by atoms with Crippen LogP contribution in [0.3, 0.4) is 0 Å². The van der Waals surface area contributed by atoms with E-state index in [1.54, 1.807) is 0 Å². The van der Waals surface area contributed by atoms with Crippen molar-refractivity contribution >= 4 is 0 Å². The molecule has 1 aliphatic rings. The molecule has 1 aliphatic heterocycles. The van der Waals surface area contributed by atoms with Crippen LogP contribution < -0.4 is 4.74 Å². The largest absolute Gasteiger partial charge is 0.491 e. The Morgan fingerprint density at radius 3 is 2.55 bits per heavy atom. The van der Waals surface area contributed by atoms with Gasteiger partial charge in [-0.2, -0.15) is 0 Å². The second-order valence-corrected chi connectivity index (χ2v) is 8.03. The Morgan fingerprint density at radius 2 is 1.86 bits per heavy atom. The normalized spacial score (nSPS) is 17.0. The van der Waals surface area contributed by atoms with Crippen LogP contribution in [0.2, 0.25) is 0 Å². The lowest BCUT2D eigenvalue weighted by Gasteiger charge is -2.34. The maximum Gasteiger partial charge on any atom is 0.119 e. The molecule has 6 nitrogen and oxygen atoms in total. The molecule has 1 atom stereocenters. The van der Waals surface area contributed by atoms with Gasteiger partial charge in [-0.3, -0.25) is 9.80 Å². The third-order valence-corrected chi connectivity index (χ3v) is 5.40. The van der Waals surface area contributed by atoms with Crippen LogP contribution in [0.25, 0.3) is 0 Å². The minimum atomic E-state index is -0.475. The van der Waals surface area contributed by atoms with E-state index in [9.17, 15) is 5.11 Å². The van der Waals surface area contributed by atoms with Gasteiger partial charge in [-0.1, -0.05) is 19.1 Å². The second-order valence-electron chi connectivity index (χ2n) is 8.03. The molecule has 0 bridgehead atoms. The Balaban J connectivity index is 1.42. The highest BCUT2D eigenvalue weighted by Gasteiger charge is 2.18. The average Bonchev–Trinajstić information content (AvgIpc) is 3.11. The predicted octanol–water partition coefficient (Wildman–Crippen LogP) is 2.60. The zero-order chi connectivity index (χ0) is 20.6. The van der Waals surface area contributed by atoms with Gasteiger partial charge >= 0.3 is 0 Å². The molecule has 1 unspecified atom stereocenters. The molecule has 1 N–H and O–H groups in total. The summed E-state index contributed by atoms with van der Waals surface area (Å²) in [5.74, 6) is 2.72. The summed E-state index contributed by atoms with van der Waals surface area (Å²) in [6.45, 7) is 12.0. The molecule has 0 radical (unpaired) electrons. The number of rotatable bonds is 10. The van der Waals surface area contributed by atoms with Gasteiger partial charge in [0.25, 0.3) is 0 Å². The van der Waals surface area contributed by atoms with E-state index in [1.807, 2.05) is 31.2 Å². The quantitative estimate of drug-likeness (QED) is 0.661. The van der Waals surface area contributed by atoms with Crippen LogP contribution >= 0.6 is 0 Å². The van der Waals surface area contributed by atoms with Gasteiger partial charge in [-0.25, -0.2) is 0 Å². The lowest BCUT2D eigenvalue weighted by molar-refractivity contribution is 0.0470. The molecule has 1 fully saturated rings. The first kappa shape index (κ1) is 21.8. The summed E-state index contributed by atoms with van der Waals surface area (Å²) in [5.41, 5.74) is 1.18. The summed E-state index contributed by atoms with van der Waals surface area (Å²) in [6, 6.07) is 12.1. The van der Waals surface area contributed by atoms with Crippen molar-refractivity contribution in [2.75, 3.05) is 52.9 Å². The molecule has 6 heteroatoms. The van der Waals surface area contributed by atoms with Gasteiger partial charge in [0, 0.05) is 39.3 Å². The Morgan fingerprint density at radius 1 is 1.10 bits per heavy atom. The fourth-order valence-corrected chi connectivity index (χ4v) is 3.77. The number of hydrogen-bond donors (Lipinski definition) is 1. The van der Waals surface area contributed by atoms with Gasteiger partial charge in [-0.15, -0.1) is 0 Å². The monoisotopic (exact) mass is 401 g/mol. The molecule has 2 aromatic rings. The van der Waals surface area contributed by atoms with E-state index in [4.69, 9.17) is 9.15 Å². The van der Waals surface area contributed by atoms with Crippen LogP contribution in [0.4, 0.5) is 0 Å². The van der Waals surface area contributed by atoms with E-state index in [1.165, 1.54) is 5.56 Å². The number of ether oxygens (including phenoxy) is 1. The molecular weight excluding hydrogens is 366 g/mol. The topological polar surface area (TPSA) is 52.3 Å². The summed E-state index contributed by atoms with van der Waals surface area (Å²) >= 11 is 0. The molecule has 0 aliphatic carbocycles. The Hall–Kier alpha value is -1.86. The van der Waals surface area contributed by atoms with E-state index >= 15 is 0 Å². The van der Waals surface area contributed by atoms with E-state index in [0.29, 0.717) is 13.2 Å². The van der Waals surface area contributed by atoms with Crippen LogP contribution in [-0.4, -0.2) is 78.8 Å². The third-order valence-electron chi connectivity index (χ3n) is 5.40. The number of benzene rings is 1. The Kier molecular flexibility index (Phi) is 8.12. The molecule has 29 heavy (non-hydrogen) atoms. The van der Waals surface area contributed by atoms with Crippen molar-refractivity contribution < 1.29 is 14.3 Å². The minimum Gasteiger partial charge on any atom is -0.491 e. The molecule has 1 aromatic heterocycles. The van der Waals surface area contributed by atoms with Gasteiger partial charge in [-0.05, 0) is 50.3 Å². The summed E-state index contributed by atoms with van der Waals surface area (Å²) in [4.78, 5) is 6.97. The Labute approximate surface area is 174 Å². The number of aryl methyl sites for hydroxylation is 1. The van der Waals surface area contributed by atoms with Crippen LogP contribution in [0.15, 0.2) is 40.8 Å². The highest BCUT2D eigenvalue weighted by Crippen LogP contribution is 2.17. The maximum atomic E-state index is 10.4. The summed E-state index contributed by atoms with van der Waals surface area (Å²) < 4.78 is 11.5. The number of hydrogen-bond acceptors (Lipinski definition) is 6. The van der Waals surface area contributed by atoms with Crippen molar-refractivity contribution in [2.45, 2.75) is 33.0 Å². The number of likely N-dealkylation sites (N-methyl/N-ethyl adjacent to an activating group) is 1. The molecule has 0 amide bonds. The number of aliphatic hydroxyl groups excluding tert-OH is 1. The summed E-state index contributed by atoms with van der Waals surface area (Å²) in [5, 5.41) is 10.4. The molecule has 0 saturated carbocycles. The van der Waals surface area contributed by atoms with Crippen molar-refractivity contribution in [3.63, 3.8) is 0 Å². The lowest BCUT2D eigenvalue weighted by Crippen LogP contribution is -2.49. The van der Waals surface area contributed by atoms with Gasteiger partial charge in [0.15, 0.2) is 0 Å². The number of piperazine rings is 1. The zero-order valence-electron chi connectivity index (χ0n) is 18.0. The van der Waals surface area contributed by atoms with Crippen LogP contribution in [0.1, 0.15) is 24.0 Å². The lowest BCUT2D eigenvalue weighted by atomic mass is 10.2. The van der Waals surface area contributed by atoms with Gasteiger partial charge in [0.05, 0.1) is 6.54 Å². The van der Waals surface area contributed by atoms with Crippen LogP contribution in [-0.2, 0) is 13.1 Å². The van der Waals surface area contributed by atoms with Crippen molar-refractivity contribution in [3.05, 3.63) is 53.5 Å². The SMILES string of the molecule is CCN1CCN(CC(O)COc2cccc(CN(C)Cc3ccc(C)o3)c2)CC1. The second kappa shape index (κ2) is 10.8. The number of nitrogens with zero attached hydrogens (tertiary/aromatic N) is 3. The fourth-order valence-electron chi connectivity index (χ4n) is 3.77. The fraction of sp³-hybridized carbons (Fsp3) is 0.565. The van der Waals surface area contributed by atoms with Crippen LogP contribution in [0, 0.1) is 6.92 Å². The number of aliphatic hydroxyl groups is 1. The third kappa shape index (κ3) is 7.16. The molecule has 0 spiro atoms. The van der Waals surface area contributed by atoms with Gasteiger partial charge in [0.2, 0.25) is 0 Å². The van der Waals surface area contributed by atoms with Gasteiger partial charge in [0.1, 0.15) is 30.0 Å². The van der Waals surface area contributed by atoms with E-state index in [0.717, 1.165) is 63.1 Å². The number of β-amino-alcohol motifs (C(OH)–C–C–N with tert-alkyl or cyclic N) is 1. The van der Waals surface area contributed by atoms with Gasteiger partial charge < -0.3 is 19.2 Å². The first-order valence-corrected chi connectivity index (χ1v) is 10.6. The standard InChI is InChI=1S/C23H35N3O3/c1-4-25-10-12-26(13-11-25)16-21(27)18-28-22-7-5-6-20(14-22)15-24(3)17-23-9-8-19(2)29-23/h5-9,14,21,27H,4,10-13,15-18H2,1-3H3. The molecule has 3 rings (SSSR count). The molecule has 1 saturated heterocycles. The molecule has 160 valence electrons. The highest BCUT2D eigenvalue weighted by molar-refractivity contribution is 5.28. The molecular formula is C23H35N3O3. The molecule has 2 heterocycles. The minimum absolute atomic E-state index is 0.318. The summed E-state index contributed by atoms with van der Waals surface area (Å²) in [7, 11) is 2.08.